The first kappa shape index (κ1) is 15.5. The quantitative estimate of drug-likeness (QED) is 0.412. The van der Waals surface area contributed by atoms with Crippen LogP contribution in [0, 0.1) is 6.92 Å². The van der Waals surface area contributed by atoms with Crippen molar-refractivity contribution in [2.45, 2.75) is 6.92 Å². The molecule has 0 saturated heterocycles. The van der Waals surface area contributed by atoms with Gasteiger partial charge in [0.25, 0.3) is 0 Å². The minimum absolute atomic E-state index is 0.105. The molecule has 122 valence electrons. The average molecular weight is 349 g/mol. The largest absolute Gasteiger partial charge is 0.289 e. The monoisotopic (exact) mass is 348 g/mol. The number of aryl methyl sites for hydroxylation is 1. The fraction of sp³-hybridized carbons (Fsp3) is 0.0526. The molecular formula is C19H13ClN4O. The zero-order chi connectivity index (χ0) is 17.4. The summed E-state index contributed by atoms with van der Waals surface area (Å²) in [6, 6.07) is 14.8. The Bertz CT molecular complexity index is 1130. The summed E-state index contributed by atoms with van der Waals surface area (Å²) >= 11 is 5.86. The first-order valence-electron chi connectivity index (χ1n) is 7.71. The number of fused-ring (bicyclic) bond motifs is 3. The van der Waals surface area contributed by atoms with E-state index >= 15 is 0 Å². The Hall–Kier alpha value is -3.05. The lowest BCUT2D eigenvalue weighted by Gasteiger charge is -2.04. The summed E-state index contributed by atoms with van der Waals surface area (Å²) in [6.07, 6.45) is 3.26. The maximum atomic E-state index is 12.3. The number of allylic oxidation sites excluding steroid dienone is 1. The number of pyridine rings is 1. The molecular weight excluding hydrogens is 336 g/mol. The van der Waals surface area contributed by atoms with Gasteiger partial charge in [0.05, 0.1) is 5.52 Å². The van der Waals surface area contributed by atoms with Gasteiger partial charge in [0.2, 0.25) is 0 Å². The number of hydrogen-bond acceptors (Lipinski definition) is 4. The second-order valence-corrected chi connectivity index (χ2v) is 6.22. The van der Waals surface area contributed by atoms with Gasteiger partial charge in [-0.2, -0.15) is 4.52 Å². The molecule has 0 amide bonds. The van der Waals surface area contributed by atoms with Crippen LogP contribution in [0.3, 0.4) is 0 Å². The van der Waals surface area contributed by atoms with Crippen molar-refractivity contribution in [2.24, 2.45) is 0 Å². The first-order valence-corrected chi connectivity index (χ1v) is 8.09. The number of hydrogen-bond donors (Lipinski definition) is 0. The Morgan fingerprint density at radius 1 is 1.12 bits per heavy atom. The molecule has 0 unspecified atom stereocenters. The number of aromatic nitrogens is 4. The predicted octanol–water partition coefficient (Wildman–Crippen LogP) is 4.14. The number of rotatable bonds is 3. The molecule has 0 fully saturated rings. The summed E-state index contributed by atoms with van der Waals surface area (Å²) in [7, 11) is 0. The third-order valence-corrected chi connectivity index (χ3v) is 4.24. The van der Waals surface area contributed by atoms with Crippen molar-refractivity contribution in [3.05, 3.63) is 76.3 Å². The van der Waals surface area contributed by atoms with Gasteiger partial charge in [0.15, 0.2) is 11.4 Å². The van der Waals surface area contributed by atoms with Crippen molar-refractivity contribution >= 4 is 40.0 Å². The highest BCUT2D eigenvalue weighted by Gasteiger charge is 2.09. The fourth-order valence-corrected chi connectivity index (χ4v) is 2.87. The molecule has 0 atom stereocenters. The smallest absolute Gasteiger partial charge is 0.187 e. The SMILES string of the molecule is Cc1ccc2c(c1)cc(/C=C/C(=O)c1ccc(Cl)cc1)c1nnnn12. The lowest BCUT2D eigenvalue weighted by atomic mass is 10.1. The van der Waals surface area contributed by atoms with Gasteiger partial charge in [-0.1, -0.05) is 23.2 Å². The highest BCUT2D eigenvalue weighted by Crippen LogP contribution is 2.21. The second kappa shape index (κ2) is 6.11. The van der Waals surface area contributed by atoms with E-state index in [1.165, 1.54) is 6.08 Å². The number of carbonyl (C=O) groups excluding carboxylic acids is 1. The molecule has 0 N–H and O–H groups in total. The van der Waals surface area contributed by atoms with Crippen LogP contribution in [0.15, 0.2) is 54.6 Å². The number of carbonyl (C=O) groups is 1. The highest BCUT2D eigenvalue weighted by atomic mass is 35.5. The molecule has 4 rings (SSSR count). The van der Waals surface area contributed by atoms with Crippen LogP contribution in [-0.2, 0) is 0 Å². The van der Waals surface area contributed by atoms with Gasteiger partial charge in [0.1, 0.15) is 0 Å². The molecule has 6 heteroatoms. The van der Waals surface area contributed by atoms with Crippen LogP contribution in [-0.4, -0.2) is 25.8 Å². The molecule has 0 aliphatic rings. The summed E-state index contributed by atoms with van der Waals surface area (Å²) in [5.41, 5.74) is 4.04. The van der Waals surface area contributed by atoms with Crippen LogP contribution in [0.1, 0.15) is 21.5 Å². The predicted molar refractivity (Wildman–Crippen MR) is 97.8 cm³/mol. The van der Waals surface area contributed by atoms with Crippen LogP contribution in [0.2, 0.25) is 5.02 Å². The minimum Gasteiger partial charge on any atom is -0.289 e. The molecule has 0 saturated carbocycles. The Morgan fingerprint density at radius 3 is 2.72 bits per heavy atom. The molecule has 2 aromatic heterocycles. The molecule has 0 aliphatic carbocycles. The van der Waals surface area contributed by atoms with Gasteiger partial charge in [-0.15, -0.1) is 5.10 Å². The van der Waals surface area contributed by atoms with Gasteiger partial charge >= 0.3 is 0 Å². The summed E-state index contributed by atoms with van der Waals surface area (Å²) in [5, 5.41) is 13.5. The van der Waals surface area contributed by atoms with E-state index < -0.39 is 0 Å². The Kier molecular flexibility index (Phi) is 3.78. The molecule has 4 aromatic rings. The second-order valence-electron chi connectivity index (χ2n) is 5.78. The van der Waals surface area contributed by atoms with Crippen molar-refractivity contribution in [1.29, 1.82) is 0 Å². The first-order chi connectivity index (χ1) is 12.1. The molecule has 0 spiro atoms. The number of benzene rings is 2. The number of ketones is 1. The summed E-state index contributed by atoms with van der Waals surface area (Å²) < 4.78 is 1.68. The van der Waals surface area contributed by atoms with Crippen LogP contribution in [0.5, 0.6) is 0 Å². The van der Waals surface area contributed by atoms with E-state index in [0.29, 0.717) is 16.2 Å². The molecule has 5 nitrogen and oxygen atoms in total. The van der Waals surface area contributed by atoms with E-state index in [9.17, 15) is 4.79 Å². The van der Waals surface area contributed by atoms with Crippen LogP contribution >= 0.6 is 11.6 Å². The molecule has 0 bridgehead atoms. The van der Waals surface area contributed by atoms with Crippen molar-refractivity contribution in [3.8, 4) is 0 Å². The number of tetrazole rings is 1. The van der Waals surface area contributed by atoms with Gasteiger partial charge in [-0.3, -0.25) is 4.79 Å². The van der Waals surface area contributed by atoms with E-state index in [4.69, 9.17) is 11.6 Å². The van der Waals surface area contributed by atoms with E-state index in [-0.39, 0.29) is 5.78 Å². The summed E-state index contributed by atoms with van der Waals surface area (Å²) in [4.78, 5) is 12.3. The normalized spacial score (nSPS) is 11.6. The lowest BCUT2D eigenvalue weighted by Crippen LogP contribution is -1.96. The Labute approximate surface area is 148 Å². The van der Waals surface area contributed by atoms with E-state index in [1.54, 1.807) is 34.9 Å². The summed E-state index contributed by atoms with van der Waals surface area (Å²) in [5.74, 6) is -0.105. The average Bonchev–Trinajstić information content (AvgIpc) is 3.09. The zero-order valence-corrected chi connectivity index (χ0v) is 14.1. The van der Waals surface area contributed by atoms with E-state index in [1.807, 2.05) is 25.1 Å². The summed E-state index contributed by atoms with van der Waals surface area (Å²) in [6.45, 7) is 2.03. The van der Waals surface area contributed by atoms with Crippen molar-refractivity contribution in [3.63, 3.8) is 0 Å². The molecule has 2 aromatic carbocycles. The molecule has 2 heterocycles. The number of halogens is 1. The van der Waals surface area contributed by atoms with Crippen LogP contribution in [0.25, 0.3) is 22.6 Å². The topological polar surface area (TPSA) is 60.2 Å². The zero-order valence-electron chi connectivity index (χ0n) is 13.3. The van der Waals surface area contributed by atoms with Gasteiger partial charge < -0.3 is 0 Å². The Morgan fingerprint density at radius 2 is 1.92 bits per heavy atom. The minimum atomic E-state index is -0.105. The Balaban J connectivity index is 1.78. The molecule has 25 heavy (non-hydrogen) atoms. The van der Waals surface area contributed by atoms with Gasteiger partial charge in [-0.05, 0) is 72.0 Å². The van der Waals surface area contributed by atoms with Crippen molar-refractivity contribution in [2.75, 3.05) is 0 Å². The molecule has 0 aliphatic heterocycles. The lowest BCUT2D eigenvalue weighted by molar-refractivity contribution is 0.104. The van der Waals surface area contributed by atoms with Crippen molar-refractivity contribution < 1.29 is 4.79 Å². The van der Waals surface area contributed by atoms with Crippen LogP contribution < -0.4 is 0 Å². The standard InChI is InChI=1S/C19H13ClN4O/c1-12-2-8-17-15(10-12)11-14(19-21-22-23-24(17)19)5-9-18(25)13-3-6-16(20)7-4-13/h2-11H,1H3/b9-5+. The maximum absolute atomic E-state index is 12.3. The number of nitrogens with zero attached hydrogens (tertiary/aromatic N) is 4. The fourth-order valence-electron chi connectivity index (χ4n) is 2.74. The van der Waals surface area contributed by atoms with Gasteiger partial charge in [-0.25, -0.2) is 0 Å². The molecule has 0 radical (unpaired) electrons. The highest BCUT2D eigenvalue weighted by molar-refractivity contribution is 6.30. The van der Waals surface area contributed by atoms with Gasteiger partial charge in [0, 0.05) is 21.5 Å². The van der Waals surface area contributed by atoms with Crippen LogP contribution in [0.4, 0.5) is 0 Å². The third kappa shape index (κ3) is 2.90. The van der Waals surface area contributed by atoms with Crippen molar-refractivity contribution in [1.82, 2.24) is 20.0 Å². The third-order valence-electron chi connectivity index (χ3n) is 3.99. The maximum Gasteiger partial charge on any atom is 0.187 e. The van der Waals surface area contributed by atoms with E-state index in [2.05, 4.69) is 21.6 Å². The van der Waals surface area contributed by atoms with E-state index in [0.717, 1.165) is 22.0 Å².